The molecule has 2 aliphatic heterocycles. The SMILES string of the molecule is CSCC(=O)N1CC2CC(C1)c1ccc(-c3ccc(Cl)cc3)c(=O)n1C2. The number of aromatic nitrogens is 1. The van der Waals surface area contributed by atoms with Crippen molar-refractivity contribution in [1.29, 1.82) is 0 Å². The van der Waals surface area contributed by atoms with E-state index in [1.54, 1.807) is 11.8 Å². The third kappa shape index (κ3) is 3.19. The third-order valence-corrected chi connectivity index (χ3v) is 6.17. The molecule has 2 atom stereocenters. The number of fused-ring (bicyclic) bond motifs is 4. The van der Waals surface area contributed by atoms with Gasteiger partial charge in [-0.1, -0.05) is 23.7 Å². The van der Waals surface area contributed by atoms with Crippen molar-refractivity contribution in [2.24, 2.45) is 5.92 Å². The van der Waals surface area contributed by atoms with Crippen molar-refractivity contribution in [3.63, 3.8) is 0 Å². The van der Waals surface area contributed by atoms with Crippen molar-refractivity contribution in [3.8, 4) is 11.1 Å². The van der Waals surface area contributed by atoms with Gasteiger partial charge in [0.05, 0.1) is 5.75 Å². The molecule has 0 spiro atoms. The standard InChI is InChI=1S/C20H21ClN2O2S/c1-26-12-19(24)22-9-13-8-15(11-22)18-7-6-17(20(25)23(18)10-13)14-2-4-16(21)5-3-14/h2-7,13,15H,8-12H2,1H3. The number of thioether (sulfide) groups is 1. The minimum absolute atomic E-state index is 0.0587. The molecule has 0 radical (unpaired) electrons. The van der Waals surface area contributed by atoms with E-state index in [2.05, 4.69) is 6.07 Å². The molecule has 6 heteroatoms. The Hall–Kier alpha value is -1.72. The fraction of sp³-hybridized carbons (Fsp3) is 0.400. The largest absolute Gasteiger partial charge is 0.341 e. The number of nitrogens with zero attached hydrogens (tertiary/aromatic N) is 2. The maximum absolute atomic E-state index is 13.1. The number of rotatable bonds is 3. The summed E-state index contributed by atoms with van der Waals surface area (Å²) in [5.41, 5.74) is 2.72. The Labute approximate surface area is 162 Å². The van der Waals surface area contributed by atoms with Gasteiger partial charge in [-0.2, -0.15) is 11.8 Å². The molecule has 4 rings (SSSR count). The zero-order valence-electron chi connectivity index (χ0n) is 14.7. The zero-order valence-corrected chi connectivity index (χ0v) is 16.2. The Morgan fingerprint density at radius 1 is 1.15 bits per heavy atom. The first kappa shape index (κ1) is 17.7. The maximum Gasteiger partial charge on any atom is 0.258 e. The highest BCUT2D eigenvalue weighted by Crippen LogP contribution is 2.36. The van der Waals surface area contributed by atoms with E-state index in [0.29, 0.717) is 28.8 Å². The highest BCUT2D eigenvalue weighted by atomic mass is 35.5. The Morgan fingerprint density at radius 3 is 2.65 bits per heavy atom. The first-order valence-corrected chi connectivity index (χ1v) is 10.6. The third-order valence-electron chi connectivity index (χ3n) is 5.38. The van der Waals surface area contributed by atoms with Crippen LogP contribution in [0, 0.1) is 5.92 Å². The van der Waals surface area contributed by atoms with Crippen molar-refractivity contribution < 1.29 is 4.79 Å². The lowest BCUT2D eigenvalue weighted by molar-refractivity contribution is -0.131. The van der Waals surface area contributed by atoms with E-state index in [9.17, 15) is 9.59 Å². The van der Waals surface area contributed by atoms with E-state index >= 15 is 0 Å². The van der Waals surface area contributed by atoms with Gasteiger partial charge in [0.15, 0.2) is 0 Å². The lowest BCUT2D eigenvalue weighted by atomic mass is 9.82. The number of piperidine rings is 1. The number of amides is 1. The van der Waals surface area contributed by atoms with Crippen LogP contribution in [0.25, 0.3) is 11.1 Å². The Bertz CT molecular complexity index is 894. The summed E-state index contributed by atoms with van der Waals surface area (Å²) in [7, 11) is 0. The molecule has 4 nitrogen and oxygen atoms in total. The fourth-order valence-corrected chi connectivity index (χ4v) is 4.77. The number of hydrogen-bond acceptors (Lipinski definition) is 3. The second kappa shape index (κ2) is 7.12. The zero-order chi connectivity index (χ0) is 18.3. The molecule has 2 bridgehead atoms. The topological polar surface area (TPSA) is 42.3 Å². The van der Waals surface area contributed by atoms with Gasteiger partial charge < -0.3 is 9.47 Å². The summed E-state index contributed by atoms with van der Waals surface area (Å²) in [4.78, 5) is 27.4. The molecule has 2 aromatic rings. The Kier molecular flexibility index (Phi) is 4.84. The highest BCUT2D eigenvalue weighted by molar-refractivity contribution is 7.99. The number of hydrogen-bond donors (Lipinski definition) is 0. The molecule has 0 aliphatic carbocycles. The van der Waals surface area contributed by atoms with Gasteiger partial charge in [-0.3, -0.25) is 9.59 Å². The van der Waals surface area contributed by atoms with Crippen LogP contribution in [0.1, 0.15) is 18.0 Å². The molecular weight excluding hydrogens is 368 g/mol. The first-order chi connectivity index (χ1) is 12.6. The van der Waals surface area contributed by atoms with Crippen LogP contribution in [-0.4, -0.2) is 40.5 Å². The predicted molar refractivity (Wildman–Crippen MR) is 107 cm³/mol. The smallest absolute Gasteiger partial charge is 0.258 e. The van der Waals surface area contributed by atoms with E-state index in [4.69, 9.17) is 11.6 Å². The summed E-state index contributed by atoms with van der Waals surface area (Å²) in [6, 6.07) is 11.4. The van der Waals surface area contributed by atoms with Gasteiger partial charge in [0.25, 0.3) is 5.56 Å². The molecule has 1 aromatic heterocycles. The van der Waals surface area contributed by atoms with Gasteiger partial charge in [-0.05, 0) is 48.4 Å². The molecule has 1 fully saturated rings. The molecule has 0 saturated carbocycles. The van der Waals surface area contributed by atoms with Crippen LogP contribution in [0.15, 0.2) is 41.2 Å². The lowest BCUT2D eigenvalue weighted by Crippen LogP contribution is -2.49. The quantitative estimate of drug-likeness (QED) is 0.808. The van der Waals surface area contributed by atoms with Gasteiger partial charge in [0, 0.05) is 41.8 Å². The molecule has 0 N–H and O–H groups in total. The highest BCUT2D eigenvalue weighted by Gasteiger charge is 2.36. The average Bonchev–Trinajstić information content (AvgIpc) is 2.63. The second-order valence-electron chi connectivity index (χ2n) is 7.12. The van der Waals surface area contributed by atoms with Crippen LogP contribution in [0.4, 0.5) is 0 Å². The van der Waals surface area contributed by atoms with Crippen LogP contribution in [0.3, 0.4) is 0 Å². The number of carbonyl (C=O) groups is 1. The van der Waals surface area contributed by atoms with Gasteiger partial charge in [0.2, 0.25) is 5.91 Å². The van der Waals surface area contributed by atoms with Crippen LogP contribution >= 0.6 is 23.4 Å². The van der Waals surface area contributed by atoms with Crippen LogP contribution in [0.5, 0.6) is 0 Å². The van der Waals surface area contributed by atoms with Gasteiger partial charge in [-0.15, -0.1) is 0 Å². The molecule has 1 saturated heterocycles. The van der Waals surface area contributed by atoms with E-state index in [0.717, 1.165) is 30.8 Å². The number of benzene rings is 1. The normalized spacial score (nSPS) is 21.4. The van der Waals surface area contributed by atoms with Crippen molar-refractivity contribution >= 4 is 29.3 Å². The predicted octanol–water partition coefficient (Wildman–Crippen LogP) is 3.48. The maximum atomic E-state index is 13.1. The van der Waals surface area contributed by atoms with E-state index in [1.165, 1.54) is 0 Å². The Morgan fingerprint density at radius 2 is 1.92 bits per heavy atom. The van der Waals surface area contributed by atoms with Crippen LogP contribution in [-0.2, 0) is 11.3 Å². The van der Waals surface area contributed by atoms with Crippen molar-refractivity contribution in [2.45, 2.75) is 18.9 Å². The molecule has 2 aliphatic rings. The average molecular weight is 389 g/mol. The number of carbonyl (C=O) groups excluding carboxylic acids is 1. The summed E-state index contributed by atoms with van der Waals surface area (Å²) in [5, 5.41) is 0.663. The summed E-state index contributed by atoms with van der Waals surface area (Å²) < 4.78 is 1.93. The van der Waals surface area contributed by atoms with Gasteiger partial charge in [0.1, 0.15) is 0 Å². The molecule has 26 heavy (non-hydrogen) atoms. The Balaban J connectivity index is 1.67. The van der Waals surface area contributed by atoms with Crippen molar-refractivity contribution in [1.82, 2.24) is 9.47 Å². The number of likely N-dealkylation sites (tertiary alicyclic amines) is 1. The summed E-state index contributed by atoms with van der Waals surface area (Å²) in [6.07, 6.45) is 3.01. The van der Waals surface area contributed by atoms with Crippen molar-refractivity contribution in [2.75, 3.05) is 25.1 Å². The minimum Gasteiger partial charge on any atom is -0.341 e. The van der Waals surface area contributed by atoms with Gasteiger partial charge >= 0.3 is 0 Å². The van der Waals surface area contributed by atoms with Crippen molar-refractivity contribution in [3.05, 3.63) is 57.5 Å². The summed E-state index contributed by atoms with van der Waals surface area (Å²) in [6.45, 7) is 2.16. The molecule has 3 heterocycles. The molecular formula is C20H21ClN2O2S. The number of pyridine rings is 1. The second-order valence-corrected chi connectivity index (χ2v) is 8.43. The lowest BCUT2D eigenvalue weighted by Gasteiger charge is -2.43. The first-order valence-electron chi connectivity index (χ1n) is 8.83. The molecule has 1 amide bonds. The number of halogens is 1. The summed E-state index contributed by atoms with van der Waals surface area (Å²) in [5.74, 6) is 1.34. The van der Waals surface area contributed by atoms with Gasteiger partial charge in [-0.25, -0.2) is 0 Å². The fourth-order valence-electron chi connectivity index (χ4n) is 4.21. The molecule has 136 valence electrons. The summed E-state index contributed by atoms with van der Waals surface area (Å²) >= 11 is 7.53. The van der Waals surface area contributed by atoms with Crippen LogP contribution in [0.2, 0.25) is 5.02 Å². The van der Waals surface area contributed by atoms with Crippen LogP contribution < -0.4 is 5.56 Å². The van der Waals surface area contributed by atoms with E-state index in [1.807, 2.05) is 46.1 Å². The molecule has 1 aromatic carbocycles. The van der Waals surface area contributed by atoms with E-state index in [-0.39, 0.29) is 17.4 Å². The minimum atomic E-state index is 0.0587. The monoisotopic (exact) mass is 388 g/mol. The molecule has 2 unspecified atom stereocenters. The van der Waals surface area contributed by atoms with E-state index < -0.39 is 0 Å².